The molecule has 2 aromatic carbocycles. The Kier molecular flexibility index (Phi) is 3.69. The minimum absolute atomic E-state index is 0.0752. The lowest BCUT2D eigenvalue weighted by Gasteiger charge is -2.38. The van der Waals surface area contributed by atoms with Crippen molar-refractivity contribution in [1.82, 2.24) is 4.90 Å². The van der Waals surface area contributed by atoms with Crippen molar-refractivity contribution in [2.24, 2.45) is 0 Å². The van der Waals surface area contributed by atoms with Crippen molar-refractivity contribution in [3.8, 4) is 0 Å². The van der Waals surface area contributed by atoms with Crippen LogP contribution in [0.4, 0.5) is 0 Å². The molecule has 23 heavy (non-hydrogen) atoms. The van der Waals surface area contributed by atoms with Gasteiger partial charge in [-0.2, -0.15) is 0 Å². The lowest BCUT2D eigenvalue weighted by molar-refractivity contribution is -0.0426. The van der Waals surface area contributed by atoms with Crippen LogP contribution < -0.4 is 0 Å². The Hall–Kier alpha value is -1.91. The van der Waals surface area contributed by atoms with Crippen LogP contribution in [0.1, 0.15) is 27.0 Å². The third-order valence-corrected chi connectivity index (χ3v) is 5.59. The van der Waals surface area contributed by atoms with Crippen LogP contribution in [0.3, 0.4) is 0 Å². The summed E-state index contributed by atoms with van der Waals surface area (Å²) < 4.78 is 0. The van der Waals surface area contributed by atoms with Gasteiger partial charge in [-0.25, -0.2) is 0 Å². The minimum atomic E-state index is -1.60. The molecule has 2 aromatic rings. The van der Waals surface area contributed by atoms with Crippen LogP contribution in [-0.2, 0) is 5.72 Å². The smallest absolute Gasteiger partial charge is 0.256 e. The summed E-state index contributed by atoms with van der Waals surface area (Å²) in [6.45, 7) is 8.61. The summed E-state index contributed by atoms with van der Waals surface area (Å²) in [5.74, 6) is -0.0752. The number of nitrogens with zero attached hydrogens (tertiary/aromatic N) is 1. The van der Waals surface area contributed by atoms with Gasteiger partial charge < -0.3 is 10.0 Å². The molecule has 0 aromatic heterocycles. The molecule has 1 aliphatic rings. The van der Waals surface area contributed by atoms with E-state index in [1.165, 1.54) is 0 Å². The van der Waals surface area contributed by atoms with Gasteiger partial charge in [0.1, 0.15) is 0 Å². The van der Waals surface area contributed by atoms with Crippen LogP contribution in [0.15, 0.2) is 48.5 Å². The van der Waals surface area contributed by atoms with Gasteiger partial charge in [-0.3, -0.25) is 4.79 Å². The molecule has 3 rings (SSSR count). The van der Waals surface area contributed by atoms with Crippen molar-refractivity contribution < 1.29 is 9.90 Å². The number of fused-ring (bicyclic) bond motifs is 1. The van der Waals surface area contributed by atoms with Crippen molar-refractivity contribution >= 4 is 14.0 Å². The van der Waals surface area contributed by atoms with E-state index in [4.69, 9.17) is 0 Å². The molecule has 0 aliphatic carbocycles. The third kappa shape index (κ3) is 2.52. The lowest BCUT2D eigenvalue weighted by Crippen LogP contribution is -2.51. The summed E-state index contributed by atoms with van der Waals surface area (Å²) >= 11 is 0. The van der Waals surface area contributed by atoms with Crippen molar-refractivity contribution in [1.29, 1.82) is 0 Å². The molecule has 0 radical (unpaired) electrons. The molecule has 0 fully saturated rings. The number of amides is 1. The zero-order chi connectivity index (χ0) is 16.8. The molecule has 0 bridgehead atoms. The van der Waals surface area contributed by atoms with E-state index in [-0.39, 0.29) is 5.91 Å². The fourth-order valence-electron chi connectivity index (χ4n) is 3.33. The molecule has 0 saturated carbocycles. The van der Waals surface area contributed by atoms with Crippen LogP contribution in [0.5, 0.6) is 0 Å². The van der Waals surface area contributed by atoms with Crippen LogP contribution in [0.2, 0.25) is 19.6 Å². The highest BCUT2D eigenvalue weighted by Gasteiger charge is 2.51. The van der Waals surface area contributed by atoms with Crippen LogP contribution in [-0.4, -0.2) is 30.2 Å². The Balaban J connectivity index is 2.25. The van der Waals surface area contributed by atoms with Gasteiger partial charge in [-0.15, -0.1) is 0 Å². The van der Waals surface area contributed by atoms with Gasteiger partial charge in [0.15, 0.2) is 5.72 Å². The highest BCUT2D eigenvalue weighted by Crippen LogP contribution is 2.43. The minimum Gasteiger partial charge on any atom is -0.363 e. The van der Waals surface area contributed by atoms with E-state index in [9.17, 15) is 9.90 Å². The lowest BCUT2D eigenvalue weighted by atomic mass is 9.91. The number of carbonyl (C=O) groups is 1. The SMILES string of the molecule is Cc1ccccc1C1(O)c2ccccc2C(=O)N1C[Si](C)(C)C. The van der Waals surface area contributed by atoms with E-state index in [0.29, 0.717) is 17.3 Å². The van der Waals surface area contributed by atoms with Crippen LogP contribution >= 0.6 is 0 Å². The molecule has 1 unspecified atom stereocenters. The van der Waals surface area contributed by atoms with Crippen LogP contribution in [0, 0.1) is 6.92 Å². The highest BCUT2D eigenvalue weighted by molar-refractivity contribution is 6.76. The average molecular weight is 325 g/mol. The van der Waals surface area contributed by atoms with Gasteiger partial charge in [-0.05, 0) is 18.6 Å². The molecule has 3 nitrogen and oxygen atoms in total. The monoisotopic (exact) mass is 325 g/mol. The summed E-state index contributed by atoms with van der Waals surface area (Å²) in [5.41, 5.74) is 1.70. The first-order valence-corrected chi connectivity index (χ1v) is 11.7. The normalized spacial score (nSPS) is 20.7. The second kappa shape index (κ2) is 5.32. The maximum absolute atomic E-state index is 13.0. The first kappa shape index (κ1) is 16.0. The van der Waals surface area contributed by atoms with Crippen molar-refractivity contribution in [3.05, 3.63) is 70.8 Å². The van der Waals surface area contributed by atoms with E-state index in [0.717, 1.165) is 11.1 Å². The zero-order valence-electron chi connectivity index (χ0n) is 14.1. The summed E-state index contributed by atoms with van der Waals surface area (Å²) in [4.78, 5) is 14.6. The fraction of sp³-hybridized carbons (Fsp3) is 0.316. The second-order valence-corrected chi connectivity index (χ2v) is 12.9. The number of rotatable bonds is 3. The number of carbonyl (C=O) groups excluding carboxylic acids is 1. The second-order valence-electron chi connectivity index (χ2n) is 7.48. The number of aliphatic hydroxyl groups is 1. The van der Waals surface area contributed by atoms with E-state index >= 15 is 0 Å². The summed E-state index contributed by atoms with van der Waals surface area (Å²) in [5, 5.41) is 11.7. The van der Waals surface area contributed by atoms with Crippen LogP contribution in [0.25, 0.3) is 0 Å². The first-order valence-electron chi connectivity index (χ1n) is 7.95. The Morgan fingerprint density at radius 1 is 1.00 bits per heavy atom. The fourth-order valence-corrected chi connectivity index (χ4v) is 4.65. The number of aryl methyl sites for hydroxylation is 1. The molecule has 120 valence electrons. The number of benzene rings is 2. The van der Waals surface area contributed by atoms with Gasteiger partial charge in [0.2, 0.25) is 0 Å². The van der Waals surface area contributed by atoms with Crippen molar-refractivity contribution in [2.75, 3.05) is 6.17 Å². The largest absolute Gasteiger partial charge is 0.363 e. The predicted octanol–water partition coefficient (Wildman–Crippen LogP) is 3.52. The van der Waals surface area contributed by atoms with E-state index in [1.54, 1.807) is 4.90 Å². The maximum Gasteiger partial charge on any atom is 0.256 e. The van der Waals surface area contributed by atoms with E-state index < -0.39 is 13.8 Å². The highest BCUT2D eigenvalue weighted by atomic mass is 28.3. The molecule has 1 aliphatic heterocycles. The standard InChI is InChI=1S/C19H23NO2Si/c1-14-9-5-7-11-16(14)19(22)17-12-8-6-10-15(17)18(21)20(19)13-23(2,3)4/h5-12,22H,13H2,1-4H3. The predicted molar refractivity (Wildman–Crippen MR) is 95.0 cm³/mol. The third-order valence-electron chi connectivity index (χ3n) is 4.32. The van der Waals surface area contributed by atoms with Gasteiger partial charge in [0, 0.05) is 22.9 Å². The average Bonchev–Trinajstić information content (AvgIpc) is 2.70. The van der Waals surface area contributed by atoms with Gasteiger partial charge >= 0.3 is 0 Å². The molecular formula is C19H23NO2Si. The van der Waals surface area contributed by atoms with Gasteiger partial charge in [-0.1, -0.05) is 62.1 Å². The van der Waals surface area contributed by atoms with Crippen molar-refractivity contribution in [2.45, 2.75) is 32.3 Å². The number of hydrogen-bond acceptors (Lipinski definition) is 2. The molecule has 4 heteroatoms. The maximum atomic E-state index is 13.0. The zero-order valence-corrected chi connectivity index (χ0v) is 15.1. The number of hydrogen-bond donors (Lipinski definition) is 1. The molecule has 0 saturated heterocycles. The molecule has 1 heterocycles. The molecule has 1 amide bonds. The Bertz CT molecular complexity index is 766. The Morgan fingerprint density at radius 2 is 1.57 bits per heavy atom. The van der Waals surface area contributed by atoms with Gasteiger partial charge in [0.25, 0.3) is 5.91 Å². The molecule has 0 spiro atoms. The summed E-state index contributed by atoms with van der Waals surface area (Å²) in [7, 11) is -1.60. The molecule has 1 N–H and O–H groups in total. The summed E-state index contributed by atoms with van der Waals surface area (Å²) in [6.07, 6.45) is 0.616. The summed E-state index contributed by atoms with van der Waals surface area (Å²) in [6, 6.07) is 15.2. The molecular weight excluding hydrogens is 302 g/mol. The first-order chi connectivity index (χ1) is 10.7. The van der Waals surface area contributed by atoms with E-state index in [2.05, 4.69) is 19.6 Å². The van der Waals surface area contributed by atoms with Gasteiger partial charge in [0.05, 0.1) is 8.07 Å². The Labute approximate surface area is 138 Å². The Morgan fingerprint density at radius 3 is 2.17 bits per heavy atom. The quantitative estimate of drug-likeness (QED) is 0.877. The topological polar surface area (TPSA) is 40.5 Å². The van der Waals surface area contributed by atoms with E-state index in [1.807, 2.05) is 55.5 Å². The van der Waals surface area contributed by atoms with Crippen molar-refractivity contribution in [3.63, 3.8) is 0 Å². The molecule has 1 atom stereocenters.